The molecule has 26 heavy (non-hydrogen) atoms. The molecule has 8 nitrogen and oxygen atoms in total. The van der Waals surface area contributed by atoms with Crippen LogP contribution in [0.5, 0.6) is 0 Å². The lowest BCUT2D eigenvalue weighted by Crippen LogP contribution is -2.46. The zero-order chi connectivity index (χ0) is 18.9. The van der Waals surface area contributed by atoms with E-state index in [4.69, 9.17) is 0 Å². The first-order valence-electron chi connectivity index (χ1n) is 7.95. The number of aromatic amines is 1. The van der Waals surface area contributed by atoms with E-state index in [1.54, 1.807) is 11.8 Å². The highest BCUT2D eigenvalue weighted by Crippen LogP contribution is 2.39. The standard InChI is InChI=1S/C15H17F3N6O2/c1-10-19-14(21-20-10)9-22-4-6-23(7-5-22)13-3-2-11(24(25)26)8-12(13)15(16,17)18/h2-3,8H,4-7,9H2,1H3,(H,19,20,21). The van der Waals surface area contributed by atoms with Gasteiger partial charge in [-0.15, -0.1) is 0 Å². The number of hydrogen-bond acceptors (Lipinski definition) is 6. The summed E-state index contributed by atoms with van der Waals surface area (Å²) < 4.78 is 40.0. The first-order chi connectivity index (χ1) is 12.2. The fourth-order valence-corrected chi connectivity index (χ4v) is 2.95. The quantitative estimate of drug-likeness (QED) is 0.656. The van der Waals surface area contributed by atoms with Crippen molar-refractivity contribution in [2.75, 3.05) is 31.1 Å². The van der Waals surface area contributed by atoms with Crippen LogP contribution in [0.25, 0.3) is 0 Å². The fraction of sp³-hybridized carbons (Fsp3) is 0.467. The number of benzene rings is 1. The number of hydrogen-bond donors (Lipinski definition) is 1. The number of piperazine rings is 1. The number of alkyl halides is 3. The molecule has 1 aromatic carbocycles. The van der Waals surface area contributed by atoms with Crippen molar-refractivity contribution >= 4 is 11.4 Å². The minimum atomic E-state index is -4.66. The molecular weight excluding hydrogens is 353 g/mol. The molecule has 0 aliphatic carbocycles. The van der Waals surface area contributed by atoms with Crippen LogP contribution >= 0.6 is 0 Å². The molecule has 0 bridgehead atoms. The molecular formula is C15H17F3N6O2. The third-order valence-corrected chi connectivity index (χ3v) is 4.22. The molecule has 1 aliphatic rings. The number of anilines is 1. The summed E-state index contributed by atoms with van der Waals surface area (Å²) in [7, 11) is 0. The van der Waals surface area contributed by atoms with Crippen LogP contribution in [0.15, 0.2) is 18.2 Å². The highest BCUT2D eigenvalue weighted by Gasteiger charge is 2.37. The monoisotopic (exact) mass is 370 g/mol. The molecule has 1 aromatic heterocycles. The Bertz CT molecular complexity index is 799. The number of H-pyrrole nitrogens is 1. The third kappa shape index (κ3) is 3.93. The van der Waals surface area contributed by atoms with E-state index in [0.717, 1.165) is 6.07 Å². The Morgan fingerprint density at radius 2 is 1.96 bits per heavy atom. The van der Waals surface area contributed by atoms with Gasteiger partial charge in [0.25, 0.3) is 5.69 Å². The number of rotatable bonds is 4. The Balaban J connectivity index is 1.73. The zero-order valence-corrected chi connectivity index (χ0v) is 14.0. The SMILES string of the molecule is Cc1nc(CN2CCN(c3ccc([N+](=O)[O-])cc3C(F)(F)F)CC2)n[nH]1. The third-order valence-electron chi connectivity index (χ3n) is 4.22. The average molecular weight is 370 g/mol. The van der Waals surface area contributed by atoms with Crippen LogP contribution in [0.4, 0.5) is 24.5 Å². The molecule has 0 amide bonds. The van der Waals surface area contributed by atoms with E-state index in [-0.39, 0.29) is 5.69 Å². The van der Waals surface area contributed by atoms with Gasteiger partial charge in [-0.2, -0.15) is 18.3 Å². The summed E-state index contributed by atoms with van der Waals surface area (Å²) in [5.41, 5.74) is -1.58. The Hall–Kier alpha value is -2.69. The maximum Gasteiger partial charge on any atom is 0.418 e. The minimum Gasteiger partial charge on any atom is -0.368 e. The topological polar surface area (TPSA) is 91.2 Å². The summed E-state index contributed by atoms with van der Waals surface area (Å²) in [6.07, 6.45) is -4.66. The first kappa shape index (κ1) is 18.1. The molecule has 11 heteroatoms. The Kier molecular flexibility index (Phi) is 4.81. The lowest BCUT2D eigenvalue weighted by atomic mass is 10.1. The average Bonchev–Trinajstić information content (AvgIpc) is 2.99. The van der Waals surface area contributed by atoms with Gasteiger partial charge >= 0.3 is 6.18 Å². The first-order valence-corrected chi connectivity index (χ1v) is 7.95. The highest BCUT2D eigenvalue weighted by molar-refractivity contribution is 5.59. The summed E-state index contributed by atoms with van der Waals surface area (Å²) in [5.74, 6) is 1.35. The van der Waals surface area contributed by atoms with Gasteiger partial charge in [0.15, 0.2) is 5.82 Å². The zero-order valence-electron chi connectivity index (χ0n) is 14.0. The predicted octanol–water partition coefficient (Wildman–Crippen LogP) is 2.36. The van der Waals surface area contributed by atoms with Crippen molar-refractivity contribution in [2.45, 2.75) is 19.6 Å². The second-order valence-electron chi connectivity index (χ2n) is 6.06. The molecule has 1 N–H and O–H groups in total. The highest BCUT2D eigenvalue weighted by atomic mass is 19.4. The van der Waals surface area contributed by atoms with Gasteiger partial charge in [-0.3, -0.25) is 20.1 Å². The van der Waals surface area contributed by atoms with Gasteiger partial charge in [-0.05, 0) is 13.0 Å². The van der Waals surface area contributed by atoms with Crippen LogP contribution < -0.4 is 4.90 Å². The largest absolute Gasteiger partial charge is 0.418 e. The van der Waals surface area contributed by atoms with E-state index in [2.05, 4.69) is 20.1 Å². The lowest BCUT2D eigenvalue weighted by molar-refractivity contribution is -0.385. The van der Waals surface area contributed by atoms with Crippen LogP contribution in [-0.4, -0.2) is 51.2 Å². The van der Waals surface area contributed by atoms with Crippen LogP contribution in [0, 0.1) is 17.0 Å². The maximum absolute atomic E-state index is 13.3. The predicted molar refractivity (Wildman–Crippen MR) is 86.7 cm³/mol. The van der Waals surface area contributed by atoms with Crippen molar-refractivity contribution in [3.8, 4) is 0 Å². The summed E-state index contributed by atoms with van der Waals surface area (Å²) in [6.45, 7) is 4.16. The fourth-order valence-electron chi connectivity index (χ4n) is 2.95. The molecule has 140 valence electrons. The molecule has 0 radical (unpaired) electrons. The number of aromatic nitrogens is 3. The van der Waals surface area contributed by atoms with E-state index in [1.807, 2.05) is 0 Å². The van der Waals surface area contributed by atoms with Crippen molar-refractivity contribution in [3.05, 3.63) is 45.5 Å². The van der Waals surface area contributed by atoms with E-state index in [0.29, 0.717) is 50.4 Å². The van der Waals surface area contributed by atoms with E-state index >= 15 is 0 Å². The van der Waals surface area contributed by atoms with Crippen molar-refractivity contribution in [2.24, 2.45) is 0 Å². The summed E-state index contributed by atoms with van der Waals surface area (Å²) in [5, 5.41) is 17.6. The molecule has 0 atom stereocenters. The Labute approximate surface area is 146 Å². The second kappa shape index (κ2) is 6.90. The van der Waals surface area contributed by atoms with Crippen LogP contribution in [0.3, 0.4) is 0 Å². The molecule has 1 fully saturated rings. The van der Waals surface area contributed by atoms with Crippen molar-refractivity contribution < 1.29 is 18.1 Å². The maximum atomic E-state index is 13.3. The van der Waals surface area contributed by atoms with Crippen molar-refractivity contribution in [3.63, 3.8) is 0 Å². The summed E-state index contributed by atoms with van der Waals surface area (Å²) in [6, 6.07) is 2.88. The number of nitro benzene ring substituents is 1. The van der Waals surface area contributed by atoms with Crippen LogP contribution in [0.2, 0.25) is 0 Å². The van der Waals surface area contributed by atoms with Gasteiger partial charge in [0, 0.05) is 44.0 Å². The molecule has 1 saturated heterocycles. The normalized spacial score (nSPS) is 16.1. The molecule has 0 saturated carbocycles. The molecule has 2 heterocycles. The van der Waals surface area contributed by atoms with Gasteiger partial charge in [-0.25, -0.2) is 4.98 Å². The number of nitrogens with zero attached hydrogens (tertiary/aromatic N) is 5. The van der Waals surface area contributed by atoms with E-state index < -0.39 is 22.4 Å². The Morgan fingerprint density at radius 3 is 2.50 bits per heavy atom. The second-order valence-corrected chi connectivity index (χ2v) is 6.06. The van der Waals surface area contributed by atoms with Crippen molar-refractivity contribution in [1.29, 1.82) is 0 Å². The van der Waals surface area contributed by atoms with Gasteiger partial charge in [0.1, 0.15) is 5.82 Å². The number of nitro groups is 1. The molecule has 1 aliphatic heterocycles. The lowest BCUT2D eigenvalue weighted by Gasteiger charge is -2.36. The van der Waals surface area contributed by atoms with E-state index in [9.17, 15) is 23.3 Å². The number of nitrogens with one attached hydrogen (secondary N) is 1. The minimum absolute atomic E-state index is 0.0310. The van der Waals surface area contributed by atoms with Crippen LogP contribution in [-0.2, 0) is 12.7 Å². The molecule has 0 unspecified atom stereocenters. The van der Waals surface area contributed by atoms with Gasteiger partial charge in [-0.1, -0.05) is 0 Å². The molecule has 0 spiro atoms. The van der Waals surface area contributed by atoms with E-state index in [1.165, 1.54) is 6.07 Å². The van der Waals surface area contributed by atoms with Gasteiger partial charge in [0.2, 0.25) is 0 Å². The van der Waals surface area contributed by atoms with Gasteiger partial charge in [0.05, 0.1) is 17.0 Å². The Morgan fingerprint density at radius 1 is 1.27 bits per heavy atom. The molecule has 3 rings (SSSR count). The number of aryl methyl sites for hydroxylation is 1. The summed E-state index contributed by atoms with van der Waals surface area (Å²) in [4.78, 5) is 17.8. The number of non-ortho nitro benzene ring substituents is 1. The molecule has 2 aromatic rings. The van der Waals surface area contributed by atoms with Crippen LogP contribution in [0.1, 0.15) is 17.2 Å². The number of halogens is 3. The van der Waals surface area contributed by atoms with Crippen molar-refractivity contribution in [1.82, 2.24) is 20.1 Å². The van der Waals surface area contributed by atoms with Gasteiger partial charge < -0.3 is 4.90 Å². The smallest absolute Gasteiger partial charge is 0.368 e. The summed E-state index contributed by atoms with van der Waals surface area (Å²) >= 11 is 0.